The van der Waals surface area contributed by atoms with E-state index in [9.17, 15) is 0 Å². The van der Waals surface area contributed by atoms with Crippen molar-refractivity contribution >= 4 is 0 Å². The van der Waals surface area contributed by atoms with Crippen LogP contribution in [0.15, 0.2) is 24.3 Å². The van der Waals surface area contributed by atoms with E-state index in [4.69, 9.17) is 24.1 Å². The predicted octanol–water partition coefficient (Wildman–Crippen LogP) is 2.66. The summed E-state index contributed by atoms with van der Waals surface area (Å²) in [6.07, 6.45) is 9.44. The van der Waals surface area contributed by atoms with Crippen molar-refractivity contribution in [2.45, 2.75) is 55.8 Å². The van der Waals surface area contributed by atoms with Gasteiger partial charge in [-0.1, -0.05) is 18.2 Å². The van der Waals surface area contributed by atoms with Crippen molar-refractivity contribution < 1.29 is 24.1 Å². The molecular weight excluding hydrogens is 382 g/mol. The van der Waals surface area contributed by atoms with Crippen molar-refractivity contribution in [3.8, 4) is 11.5 Å². The summed E-state index contributed by atoms with van der Waals surface area (Å²) in [5.74, 6) is 2.11. The summed E-state index contributed by atoms with van der Waals surface area (Å²) >= 11 is 0. The van der Waals surface area contributed by atoms with Gasteiger partial charge in [0, 0.05) is 43.3 Å². The van der Waals surface area contributed by atoms with Crippen LogP contribution in [0.4, 0.5) is 0 Å². The third-order valence-electron chi connectivity index (χ3n) is 7.56. The number of hydrogen-bond donors (Lipinski definition) is 1. The number of ether oxygens (including phenoxy) is 4. The van der Waals surface area contributed by atoms with Crippen LogP contribution < -0.4 is 9.47 Å². The number of aliphatic hydroxyl groups is 1. The first-order chi connectivity index (χ1) is 14.7. The van der Waals surface area contributed by atoms with Gasteiger partial charge < -0.3 is 29.0 Å². The van der Waals surface area contributed by atoms with E-state index in [-0.39, 0.29) is 31.0 Å². The molecular formula is C24H33NO5. The van der Waals surface area contributed by atoms with Crippen molar-refractivity contribution in [1.29, 1.82) is 0 Å². The van der Waals surface area contributed by atoms with Gasteiger partial charge in [-0.05, 0) is 57.3 Å². The van der Waals surface area contributed by atoms with E-state index in [0.29, 0.717) is 18.6 Å². The van der Waals surface area contributed by atoms with Gasteiger partial charge in [-0.25, -0.2) is 0 Å². The smallest absolute Gasteiger partial charge is 0.188 e. The Hall–Kier alpha value is -1.60. The van der Waals surface area contributed by atoms with E-state index in [1.807, 2.05) is 6.07 Å². The topological polar surface area (TPSA) is 60.4 Å². The molecule has 6 heteroatoms. The lowest BCUT2D eigenvalue weighted by Gasteiger charge is -2.56. The maximum atomic E-state index is 9.01. The Balaban J connectivity index is 1.50. The highest BCUT2D eigenvalue weighted by atomic mass is 16.7. The molecule has 1 aromatic rings. The molecule has 0 aromatic heterocycles. The molecule has 2 bridgehead atoms. The number of hydrogen-bond acceptors (Lipinski definition) is 6. The normalized spacial score (nSPS) is 33.3. The quantitative estimate of drug-likeness (QED) is 0.380. The van der Waals surface area contributed by atoms with Crippen molar-refractivity contribution in [3.63, 3.8) is 0 Å². The third-order valence-corrected chi connectivity index (χ3v) is 7.56. The number of likely N-dealkylation sites (tertiary alicyclic amines) is 1. The molecule has 5 rings (SSSR count). The summed E-state index contributed by atoms with van der Waals surface area (Å²) in [4.78, 5) is 2.52. The Bertz CT molecular complexity index is 811. The van der Waals surface area contributed by atoms with Crippen LogP contribution in [0.5, 0.6) is 11.5 Å². The lowest BCUT2D eigenvalue weighted by atomic mass is 9.53. The Morgan fingerprint density at radius 2 is 2.13 bits per heavy atom. The first-order valence-corrected chi connectivity index (χ1v) is 11.3. The van der Waals surface area contributed by atoms with Crippen LogP contribution in [0, 0.1) is 5.92 Å². The summed E-state index contributed by atoms with van der Waals surface area (Å²) < 4.78 is 24.1. The molecule has 0 amide bonds. The molecule has 1 saturated heterocycles. The van der Waals surface area contributed by atoms with E-state index in [0.717, 1.165) is 50.1 Å². The molecule has 2 aliphatic heterocycles. The second-order valence-electron chi connectivity index (χ2n) is 9.09. The fourth-order valence-electron chi connectivity index (χ4n) is 6.20. The van der Waals surface area contributed by atoms with Gasteiger partial charge in [0.2, 0.25) is 0 Å². The van der Waals surface area contributed by atoms with E-state index in [1.165, 1.54) is 11.1 Å². The van der Waals surface area contributed by atoms with Crippen LogP contribution in [-0.2, 0) is 21.3 Å². The van der Waals surface area contributed by atoms with Gasteiger partial charge in [0.25, 0.3) is 0 Å². The molecule has 0 radical (unpaired) electrons. The van der Waals surface area contributed by atoms with Crippen molar-refractivity contribution in [2.75, 3.05) is 40.7 Å². The number of aliphatic hydroxyl groups excluding tert-OH is 1. The number of unbranched alkanes of at least 4 members (excludes halogenated alkanes) is 2. The van der Waals surface area contributed by atoms with Crippen molar-refractivity contribution in [3.05, 3.63) is 35.4 Å². The molecule has 5 atom stereocenters. The molecule has 1 fully saturated rings. The van der Waals surface area contributed by atoms with Gasteiger partial charge in [-0.3, -0.25) is 0 Å². The minimum atomic E-state index is -0.0620. The summed E-state index contributed by atoms with van der Waals surface area (Å²) in [6, 6.07) is 4.76. The van der Waals surface area contributed by atoms with Crippen LogP contribution in [-0.4, -0.2) is 69.0 Å². The van der Waals surface area contributed by atoms with Crippen LogP contribution in [0.2, 0.25) is 0 Å². The summed E-state index contributed by atoms with van der Waals surface area (Å²) in [6.45, 7) is 2.22. The largest absolute Gasteiger partial charge is 0.482 e. The number of piperidine rings is 1. The summed E-state index contributed by atoms with van der Waals surface area (Å²) in [7, 11) is 3.89. The van der Waals surface area contributed by atoms with Crippen LogP contribution in [0.25, 0.3) is 0 Å². The molecule has 6 nitrogen and oxygen atoms in total. The lowest BCUT2D eigenvalue weighted by molar-refractivity contribution is -0.0715. The van der Waals surface area contributed by atoms with Gasteiger partial charge >= 0.3 is 0 Å². The maximum Gasteiger partial charge on any atom is 0.188 e. The monoisotopic (exact) mass is 415 g/mol. The molecule has 1 aromatic carbocycles. The lowest BCUT2D eigenvalue weighted by Crippen LogP contribution is -2.65. The maximum absolute atomic E-state index is 9.01. The van der Waals surface area contributed by atoms with Crippen LogP contribution in [0.3, 0.4) is 0 Å². The van der Waals surface area contributed by atoms with Crippen LogP contribution >= 0.6 is 0 Å². The Kier molecular flexibility index (Phi) is 5.52. The van der Waals surface area contributed by atoms with Crippen molar-refractivity contribution in [1.82, 2.24) is 4.90 Å². The molecule has 30 heavy (non-hydrogen) atoms. The Morgan fingerprint density at radius 1 is 1.23 bits per heavy atom. The van der Waals surface area contributed by atoms with Gasteiger partial charge in [-0.2, -0.15) is 0 Å². The summed E-state index contributed by atoms with van der Waals surface area (Å²) in [5, 5.41) is 9.01. The highest BCUT2D eigenvalue weighted by Crippen LogP contribution is 2.62. The second kappa shape index (κ2) is 8.15. The van der Waals surface area contributed by atoms with Gasteiger partial charge in [0.05, 0.1) is 0 Å². The zero-order valence-corrected chi connectivity index (χ0v) is 18.0. The number of rotatable bonds is 9. The number of methoxy groups -OCH3 is 1. The SMILES string of the molecule is COCOc1ccc2c3c1O[C@H]1[C@@H](OCCCCCO)C=C[C@H]4[C@@H](C2)N(C)CC[C@@]341. The number of nitrogens with zero attached hydrogens (tertiary/aromatic N) is 1. The highest BCUT2D eigenvalue weighted by Gasteiger charge is 2.64. The first-order valence-electron chi connectivity index (χ1n) is 11.3. The van der Waals surface area contributed by atoms with E-state index >= 15 is 0 Å². The first kappa shape index (κ1) is 20.3. The molecule has 164 valence electrons. The number of likely N-dealkylation sites (N-methyl/N-ethyl adjacent to an activating group) is 1. The Morgan fingerprint density at radius 3 is 2.97 bits per heavy atom. The fraction of sp³-hybridized carbons (Fsp3) is 0.667. The van der Waals surface area contributed by atoms with Gasteiger partial charge in [0.15, 0.2) is 18.3 Å². The molecule has 0 unspecified atom stereocenters. The van der Waals surface area contributed by atoms with Gasteiger partial charge in [0.1, 0.15) is 12.2 Å². The molecule has 0 saturated carbocycles. The molecule has 2 heterocycles. The number of benzene rings is 1. The average Bonchev–Trinajstić information content (AvgIpc) is 3.11. The summed E-state index contributed by atoms with van der Waals surface area (Å²) in [5.41, 5.74) is 2.70. The second-order valence-corrected chi connectivity index (χ2v) is 9.09. The third kappa shape index (κ3) is 3.00. The zero-order chi connectivity index (χ0) is 20.7. The average molecular weight is 416 g/mol. The Labute approximate surface area is 178 Å². The highest BCUT2D eigenvalue weighted by molar-refractivity contribution is 5.62. The standard InChI is InChI=1S/C24H33NO5/c1-25-11-10-24-17-7-9-20(28-13-5-3-4-12-26)23(24)30-22-19(29-15-27-2)8-6-16(21(22)24)14-18(17)25/h6-9,17-18,20,23,26H,3-5,10-15H2,1-2H3/t17-,18+,20-,23-,24-/m0/s1. The molecule has 1 N–H and O–H groups in total. The van der Waals surface area contributed by atoms with Gasteiger partial charge in [-0.15, -0.1) is 0 Å². The fourth-order valence-corrected chi connectivity index (χ4v) is 6.20. The minimum Gasteiger partial charge on any atom is -0.482 e. The minimum absolute atomic E-state index is 0.0251. The molecule has 4 aliphatic rings. The van der Waals surface area contributed by atoms with E-state index in [2.05, 4.69) is 30.2 Å². The van der Waals surface area contributed by atoms with E-state index in [1.54, 1.807) is 7.11 Å². The molecule has 1 spiro atoms. The van der Waals surface area contributed by atoms with E-state index < -0.39 is 0 Å². The predicted molar refractivity (Wildman–Crippen MR) is 113 cm³/mol. The van der Waals surface area contributed by atoms with Crippen molar-refractivity contribution in [2.24, 2.45) is 5.92 Å². The molecule has 2 aliphatic carbocycles. The zero-order valence-electron chi connectivity index (χ0n) is 18.0. The van der Waals surface area contributed by atoms with Crippen LogP contribution in [0.1, 0.15) is 36.8 Å².